The van der Waals surface area contributed by atoms with Gasteiger partial charge < -0.3 is 19.7 Å². The molecule has 0 heterocycles. The van der Waals surface area contributed by atoms with Gasteiger partial charge in [-0.25, -0.2) is 8.42 Å². The summed E-state index contributed by atoms with van der Waals surface area (Å²) < 4.78 is 37.4. The summed E-state index contributed by atoms with van der Waals surface area (Å²) in [5.74, 6) is 0.207. The molecule has 2 aromatic rings. The average molecular weight is 534 g/mol. The maximum atomic E-state index is 13.8. The predicted octanol–water partition coefficient (Wildman–Crippen LogP) is 3.50. The topological polar surface area (TPSA) is 105 Å². The highest BCUT2D eigenvalue weighted by Crippen LogP contribution is 2.31. The van der Waals surface area contributed by atoms with Gasteiger partial charge in [-0.2, -0.15) is 0 Å². The summed E-state index contributed by atoms with van der Waals surface area (Å²) in [5, 5.41) is 2.96. The lowest BCUT2D eigenvalue weighted by molar-refractivity contribution is -0.140. The molecular formula is C27H39N3O6S. The first-order valence-corrected chi connectivity index (χ1v) is 14.1. The number of carbonyl (C=O) groups is 2. The number of carbonyl (C=O) groups excluding carboxylic acids is 2. The van der Waals surface area contributed by atoms with Crippen LogP contribution in [0.5, 0.6) is 11.5 Å². The molecule has 0 saturated carbocycles. The fourth-order valence-electron chi connectivity index (χ4n) is 3.88. The van der Waals surface area contributed by atoms with Gasteiger partial charge in [-0.1, -0.05) is 32.0 Å². The normalized spacial score (nSPS) is 12.8. The van der Waals surface area contributed by atoms with Crippen LogP contribution >= 0.6 is 0 Å². The first-order valence-electron chi connectivity index (χ1n) is 12.3. The summed E-state index contributed by atoms with van der Waals surface area (Å²) in [5.41, 5.74) is 1.86. The highest BCUT2D eigenvalue weighted by molar-refractivity contribution is 7.92. The van der Waals surface area contributed by atoms with Gasteiger partial charge in [0.15, 0.2) is 0 Å². The molecule has 0 radical (unpaired) electrons. The van der Waals surface area contributed by atoms with E-state index >= 15 is 0 Å². The maximum absolute atomic E-state index is 13.8. The molecule has 2 aromatic carbocycles. The van der Waals surface area contributed by atoms with E-state index in [1.165, 1.54) is 12.0 Å². The molecule has 0 aliphatic heterocycles. The van der Waals surface area contributed by atoms with Gasteiger partial charge >= 0.3 is 0 Å². The molecular weight excluding hydrogens is 494 g/mol. The molecule has 204 valence electrons. The minimum absolute atomic E-state index is 0.0661. The second-order valence-electron chi connectivity index (χ2n) is 9.06. The summed E-state index contributed by atoms with van der Waals surface area (Å²) in [6, 6.07) is 11.5. The second-order valence-corrected chi connectivity index (χ2v) is 11.0. The van der Waals surface area contributed by atoms with Crippen LogP contribution in [0, 0.1) is 6.92 Å². The summed E-state index contributed by atoms with van der Waals surface area (Å²) in [4.78, 5) is 28.5. The van der Waals surface area contributed by atoms with Crippen molar-refractivity contribution in [3.63, 3.8) is 0 Å². The summed E-state index contributed by atoms with van der Waals surface area (Å²) in [6.45, 7) is 7.15. The van der Waals surface area contributed by atoms with Gasteiger partial charge in [-0.15, -0.1) is 0 Å². The van der Waals surface area contributed by atoms with E-state index in [0.29, 0.717) is 17.9 Å². The Labute approximate surface area is 220 Å². The number of benzene rings is 2. The van der Waals surface area contributed by atoms with Crippen molar-refractivity contribution in [2.24, 2.45) is 0 Å². The molecule has 0 unspecified atom stereocenters. The Morgan fingerprint density at radius 2 is 1.65 bits per heavy atom. The van der Waals surface area contributed by atoms with Crippen LogP contribution < -0.4 is 19.1 Å². The van der Waals surface area contributed by atoms with E-state index in [1.807, 2.05) is 39.8 Å². The van der Waals surface area contributed by atoms with E-state index in [2.05, 4.69) is 5.32 Å². The zero-order valence-corrected chi connectivity index (χ0v) is 23.6. The summed E-state index contributed by atoms with van der Waals surface area (Å²) in [7, 11) is -0.855. The Morgan fingerprint density at radius 3 is 2.16 bits per heavy atom. The minimum Gasteiger partial charge on any atom is -0.497 e. The van der Waals surface area contributed by atoms with Gasteiger partial charge in [0.05, 0.1) is 26.2 Å². The number of aryl methyl sites for hydroxylation is 1. The SMILES string of the molecule is CC[C@@H](C)NC(=O)[C@H](CC)N(Cc1ccc(OC)cc1)C(=O)CN(c1cc(C)ccc1OC)S(C)(=O)=O. The van der Waals surface area contributed by atoms with Gasteiger partial charge in [-0.05, 0) is 62.1 Å². The fourth-order valence-corrected chi connectivity index (χ4v) is 4.72. The second kappa shape index (κ2) is 13.3. The molecule has 2 rings (SSSR count). The largest absolute Gasteiger partial charge is 0.497 e. The molecule has 0 aliphatic carbocycles. The van der Waals surface area contributed by atoms with Crippen molar-refractivity contribution >= 4 is 27.5 Å². The number of hydrogen-bond acceptors (Lipinski definition) is 6. The monoisotopic (exact) mass is 533 g/mol. The highest BCUT2D eigenvalue weighted by Gasteiger charge is 2.33. The van der Waals surface area contributed by atoms with E-state index in [9.17, 15) is 18.0 Å². The van der Waals surface area contributed by atoms with Crippen molar-refractivity contribution in [2.45, 2.75) is 59.2 Å². The van der Waals surface area contributed by atoms with E-state index in [1.54, 1.807) is 37.4 Å². The van der Waals surface area contributed by atoms with E-state index in [4.69, 9.17) is 9.47 Å². The zero-order chi connectivity index (χ0) is 27.8. The van der Waals surface area contributed by atoms with Crippen LogP contribution in [0.2, 0.25) is 0 Å². The Morgan fingerprint density at radius 1 is 1.00 bits per heavy atom. The quantitative estimate of drug-likeness (QED) is 0.423. The number of hydrogen-bond donors (Lipinski definition) is 1. The van der Waals surface area contributed by atoms with Gasteiger partial charge in [0.2, 0.25) is 21.8 Å². The number of rotatable bonds is 13. The number of nitrogens with zero attached hydrogens (tertiary/aromatic N) is 2. The lowest BCUT2D eigenvalue weighted by Gasteiger charge is -2.33. The smallest absolute Gasteiger partial charge is 0.244 e. The average Bonchev–Trinajstić information content (AvgIpc) is 2.86. The van der Waals surface area contributed by atoms with Crippen LogP contribution in [-0.4, -0.2) is 64.2 Å². The Balaban J connectivity index is 2.50. The molecule has 0 fully saturated rings. The zero-order valence-electron chi connectivity index (χ0n) is 22.8. The van der Waals surface area contributed by atoms with E-state index < -0.39 is 28.5 Å². The fraction of sp³-hybridized carbons (Fsp3) is 0.481. The number of ether oxygens (including phenoxy) is 2. The first-order chi connectivity index (χ1) is 17.4. The van der Waals surface area contributed by atoms with Crippen molar-refractivity contribution < 1.29 is 27.5 Å². The molecule has 0 aliphatic rings. The Bertz CT molecular complexity index is 1170. The molecule has 2 atom stereocenters. The molecule has 0 saturated heterocycles. The van der Waals surface area contributed by atoms with E-state index in [0.717, 1.165) is 28.1 Å². The number of anilines is 1. The molecule has 0 aromatic heterocycles. The maximum Gasteiger partial charge on any atom is 0.244 e. The van der Waals surface area contributed by atoms with Crippen LogP contribution in [0.25, 0.3) is 0 Å². The number of amides is 2. The molecule has 1 N–H and O–H groups in total. The van der Waals surface area contributed by atoms with Crippen LogP contribution in [0.3, 0.4) is 0 Å². The standard InChI is InChI=1S/C27H39N3O6S/c1-8-20(4)28-27(32)23(9-2)29(17-21-11-13-22(35-5)14-12-21)26(31)18-30(37(7,33)34)24-16-19(3)10-15-25(24)36-6/h10-16,20,23H,8-9,17-18H2,1-7H3,(H,28,32)/t20-,23+/m1/s1. The third-order valence-electron chi connectivity index (χ3n) is 6.18. The summed E-state index contributed by atoms with van der Waals surface area (Å²) >= 11 is 0. The lowest BCUT2D eigenvalue weighted by atomic mass is 10.1. The van der Waals surface area contributed by atoms with Crippen molar-refractivity contribution in [1.82, 2.24) is 10.2 Å². The van der Waals surface area contributed by atoms with Gasteiger partial charge in [-0.3, -0.25) is 13.9 Å². The molecule has 2 amide bonds. The third-order valence-corrected chi connectivity index (χ3v) is 7.31. The molecule has 0 bridgehead atoms. The Hall–Kier alpha value is -3.27. The van der Waals surface area contributed by atoms with Crippen molar-refractivity contribution in [3.8, 4) is 11.5 Å². The van der Waals surface area contributed by atoms with Crippen molar-refractivity contribution in [1.29, 1.82) is 0 Å². The third kappa shape index (κ3) is 8.11. The predicted molar refractivity (Wildman–Crippen MR) is 145 cm³/mol. The first kappa shape index (κ1) is 30.0. The number of sulfonamides is 1. The van der Waals surface area contributed by atoms with E-state index in [-0.39, 0.29) is 24.2 Å². The van der Waals surface area contributed by atoms with Crippen LogP contribution in [0.1, 0.15) is 44.7 Å². The Kier molecular flexibility index (Phi) is 10.8. The van der Waals surface area contributed by atoms with Gasteiger partial charge in [0.25, 0.3) is 0 Å². The van der Waals surface area contributed by atoms with Crippen LogP contribution in [-0.2, 0) is 26.2 Å². The summed E-state index contributed by atoms with van der Waals surface area (Å²) in [6.07, 6.45) is 2.14. The molecule has 10 heteroatoms. The highest BCUT2D eigenvalue weighted by atomic mass is 32.2. The number of methoxy groups -OCH3 is 2. The van der Waals surface area contributed by atoms with Crippen LogP contribution in [0.15, 0.2) is 42.5 Å². The van der Waals surface area contributed by atoms with Crippen molar-refractivity contribution in [3.05, 3.63) is 53.6 Å². The van der Waals surface area contributed by atoms with Crippen LogP contribution in [0.4, 0.5) is 5.69 Å². The molecule has 37 heavy (non-hydrogen) atoms. The van der Waals surface area contributed by atoms with Crippen molar-refractivity contribution in [2.75, 3.05) is 31.3 Å². The van der Waals surface area contributed by atoms with Gasteiger partial charge in [0, 0.05) is 12.6 Å². The minimum atomic E-state index is -3.86. The molecule has 9 nitrogen and oxygen atoms in total. The lowest BCUT2D eigenvalue weighted by Crippen LogP contribution is -2.53. The molecule has 0 spiro atoms. The number of nitrogens with one attached hydrogen (secondary N) is 1. The van der Waals surface area contributed by atoms with Gasteiger partial charge in [0.1, 0.15) is 24.1 Å².